The summed E-state index contributed by atoms with van der Waals surface area (Å²) in [6.07, 6.45) is 1.23. The highest BCUT2D eigenvalue weighted by Gasteiger charge is 2.03. The summed E-state index contributed by atoms with van der Waals surface area (Å²) in [5.74, 6) is -0.839. The van der Waals surface area contributed by atoms with Gasteiger partial charge in [0.2, 0.25) is 0 Å². The molecule has 0 unspecified atom stereocenters. The minimum atomic E-state index is -0.839. The predicted molar refractivity (Wildman–Crippen MR) is 75.8 cm³/mol. The summed E-state index contributed by atoms with van der Waals surface area (Å²) < 4.78 is 4.63. The predicted octanol–water partition coefficient (Wildman–Crippen LogP) is 1.74. The van der Waals surface area contributed by atoms with Gasteiger partial charge in [-0.2, -0.15) is 0 Å². The highest BCUT2D eigenvalue weighted by Crippen LogP contribution is 2.11. The second-order valence-corrected chi connectivity index (χ2v) is 4.34. The molecule has 1 aromatic rings. The van der Waals surface area contributed by atoms with E-state index in [9.17, 15) is 14.4 Å². The van der Waals surface area contributed by atoms with Crippen molar-refractivity contribution >= 4 is 24.2 Å². The summed E-state index contributed by atoms with van der Waals surface area (Å²) in [5, 5.41) is 13.8. The molecule has 0 aliphatic carbocycles. The molecule has 0 aromatic heterocycles. The topological polar surface area (TPSA) is 105 Å². The van der Waals surface area contributed by atoms with Crippen LogP contribution >= 0.6 is 0 Å². The van der Waals surface area contributed by atoms with Crippen LogP contribution in [0.15, 0.2) is 24.3 Å². The zero-order valence-corrected chi connectivity index (χ0v) is 11.5. The van der Waals surface area contributed by atoms with Crippen molar-refractivity contribution in [2.75, 3.05) is 11.9 Å². The second-order valence-electron chi connectivity index (χ2n) is 4.34. The molecule has 1 aromatic carbocycles. The van der Waals surface area contributed by atoms with E-state index in [0.29, 0.717) is 31.5 Å². The average molecular weight is 294 g/mol. The van der Waals surface area contributed by atoms with Gasteiger partial charge in [-0.15, -0.1) is 0 Å². The number of nitrogens with one attached hydrogen (secondary N) is 2. The number of carboxylic acid groups (broad SMARTS) is 1. The summed E-state index contributed by atoms with van der Waals surface area (Å²) in [7, 11) is 0. The maximum Gasteiger partial charge on any atom is 0.319 e. The van der Waals surface area contributed by atoms with E-state index in [0.717, 1.165) is 5.56 Å². The molecule has 21 heavy (non-hydrogen) atoms. The fourth-order valence-electron chi connectivity index (χ4n) is 1.65. The number of benzene rings is 1. The average Bonchev–Trinajstić information content (AvgIpc) is 2.45. The van der Waals surface area contributed by atoms with Crippen LogP contribution in [-0.4, -0.2) is 30.1 Å². The monoisotopic (exact) mass is 294 g/mol. The van der Waals surface area contributed by atoms with Crippen molar-refractivity contribution in [3.05, 3.63) is 29.8 Å². The van der Waals surface area contributed by atoms with E-state index in [-0.39, 0.29) is 19.1 Å². The van der Waals surface area contributed by atoms with Crippen LogP contribution < -0.4 is 10.6 Å². The maximum absolute atomic E-state index is 11.6. The molecular weight excluding hydrogens is 276 g/mol. The lowest BCUT2D eigenvalue weighted by Crippen LogP contribution is -2.29. The SMILES string of the molecule is O=COCc1cccc(NC(=O)NCCCCC(=O)O)c1. The molecule has 0 aliphatic heterocycles. The molecule has 7 heteroatoms. The first-order valence-corrected chi connectivity index (χ1v) is 6.52. The fraction of sp³-hybridized carbons (Fsp3) is 0.357. The zero-order valence-electron chi connectivity index (χ0n) is 11.5. The van der Waals surface area contributed by atoms with Gasteiger partial charge >= 0.3 is 12.0 Å². The van der Waals surface area contributed by atoms with Crippen molar-refractivity contribution in [3.8, 4) is 0 Å². The molecule has 0 saturated carbocycles. The molecule has 0 bridgehead atoms. The third-order valence-electron chi connectivity index (χ3n) is 2.61. The number of anilines is 1. The molecule has 0 aliphatic rings. The molecule has 0 atom stereocenters. The second kappa shape index (κ2) is 9.35. The van der Waals surface area contributed by atoms with Crippen LogP contribution in [0, 0.1) is 0 Å². The van der Waals surface area contributed by atoms with Gasteiger partial charge in [-0.1, -0.05) is 12.1 Å². The Bertz CT molecular complexity index is 490. The lowest BCUT2D eigenvalue weighted by Gasteiger charge is -2.08. The first-order chi connectivity index (χ1) is 10.1. The Morgan fingerprint density at radius 1 is 1.29 bits per heavy atom. The van der Waals surface area contributed by atoms with Gasteiger partial charge in [-0.3, -0.25) is 9.59 Å². The highest BCUT2D eigenvalue weighted by molar-refractivity contribution is 5.89. The molecule has 0 fully saturated rings. The Labute approximate surface area is 122 Å². The molecule has 0 heterocycles. The van der Waals surface area contributed by atoms with Crippen molar-refractivity contribution in [2.24, 2.45) is 0 Å². The van der Waals surface area contributed by atoms with Crippen LogP contribution in [0.2, 0.25) is 0 Å². The van der Waals surface area contributed by atoms with Gasteiger partial charge in [-0.25, -0.2) is 4.79 Å². The molecule has 3 N–H and O–H groups in total. The third kappa shape index (κ3) is 7.56. The van der Waals surface area contributed by atoms with Crippen molar-refractivity contribution in [2.45, 2.75) is 25.9 Å². The fourth-order valence-corrected chi connectivity index (χ4v) is 1.65. The summed E-state index contributed by atoms with van der Waals surface area (Å²) in [6.45, 7) is 0.923. The lowest BCUT2D eigenvalue weighted by molar-refractivity contribution is -0.137. The Hall–Kier alpha value is -2.57. The number of urea groups is 1. The van der Waals surface area contributed by atoms with Crippen LogP contribution in [0.1, 0.15) is 24.8 Å². The van der Waals surface area contributed by atoms with Crippen LogP contribution in [0.3, 0.4) is 0 Å². The van der Waals surface area contributed by atoms with E-state index in [1.165, 1.54) is 0 Å². The number of carbonyl (C=O) groups is 3. The number of hydrogen-bond donors (Lipinski definition) is 3. The van der Waals surface area contributed by atoms with Crippen molar-refractivity contribution < 1.29 is 24.2 Å². The molecule has 0 saturated heterocycles. The maximum atomic E-state index is 11.6. The largest absolute Gasteiger partial charge is 0.481 e. The van der Waals surface area contributed by atoms with E-state index in [4.69, 9.17) is 5.11 Å². The van der Waals surface area contributed by atoms with Gasteiger partial charge < -0.3 is 20.5 Å². The van der Waals surface area contributed by atoms with Crippen molar-refractivity contribution in [3.63, 3.8) is 0 Å². The number of amides is 2. The van der Waals surface area contributed by atoms with Crippen LogP contribution in [-0.2, 0) is 20.9 Å². The molecule has 7 nitrogen and oxygen atoms in total. The zero-order chi connectivity index (χ0) is 15.5. The Kier molecular flexibility index (Phi) is 7.34. The molecule has 0 spiro atoms. The van der Waals surface area contributed by atoms with Gasteiger partial charge in [-0.05, 0) is 30.5 Å². The van der Waals surface area contributed by atoms with Gasteiger partial charge in [0.25, 0.3) is 6.47 Å². The Balaban J connectivity index is 2.30. The van der Waals surface area contributed by atoms with E-state index in [2.05, 4.69) is 15.4 Å². The molecular formula is C14H18N2O5. The van der Waals surface area contributed by atoms with Gasteiger partial charge in [0.1, 0.15) is 6.61 Å². The first-order valence-electron chi connectivity index (χ1n) is 6.52. The number of unbranched alkanes of at least 4 members (excludes halogenated alkanes) is 1. The van der Waals surface area contributed by atoms with Crippen LogP contribution in [0.4, 0.5) is 10.5 Å². The van der Waals surface area contributed by atoms with Crippen molar-refractivity contribution in [1.29, 1.82) is 0 Å². The minimum Gasteiger partial charge on any atom is -0.481 e. The van der Waals surface area contributed by atoms with E-state index < -0.39 is 5.97 Å². The standard InChI is InChI=1S/C14H18N2O5/c17-10-21-9-11-4-3-5-12(8-11)16-14(20)15-7-2-1-6-13(18)19/h3-5,8,10H,1-2,6-7,9H2,(H,18,19)(H2,15,16,20). The number of hydrogen-bond acceptors (Lipinski definition) is 4. The number of carbonyl (C=O) groups excluding carboxylic acids is 2. The first kappa shape index (κ1) is 16.5. The smallest absolute Gasteiger partial charge is 0.319 e. The van der Waals surface area contributed by atoms with Gasteiger partial charge in [0, 0.05) is 18.7 Å². The summed E-state index contributed by atoms with van der Waals surface area (Å²) >= 11 is 0. The van der Waals surface area contributed by atoms with Crippen LogP contribution in [0.25, 0.3) is 0 Å². The number of aliphatic carboxylic acids is 1. The number of rotatable bonds is 9. The summed E-state index contributed by atoms with van der Waals surface area (Å²) in [6, 6.07) is 6.57. The molecule has 114 valence electrons. The Morgan fingerprint density at radius 2 is 2.10 bits per heavy atom. The summed E-state index contributed by atoms with van der Waals surface area (Å²) in [4.78, 5) is 32.0. The Morgan fingerprint density at radius 3 is 2.81 bits per heavy atom. The third-order valence-corrected chi connectivity index (χ3v) is 2.61. The quantitative estimate of drug-likeness (QED) is 0.475. The molecule has 2 amide bonds. The van der Waals surface area contributed by atoms with Gasteiger partial charge in [0.15, 0.2) is 0 Å². The van der Waals surface area contributed by atoms with E-state index in [1.54, 1.807) is 24.3 Å². The van der Waals surface area contributed by atoms with Crippen molar-refractivity contribution in [1.82, 2.24) is 5.32 Å². The summed E-state index contributed by atoms with van der Waals surface area (Å²) in [5.41, 5.74) is 1.35. The normalized spacial score (nSPS) is 9.71. The minimum absolute atomic E-state index is 0.0993. The molecule has 1 rings (SSSR count). The van der Waals surface area contributed by atoms with Crippen LogP contribution in [0.5, 0.6) is 0 Å². The van der Waals surface area contributed by atoms with E-state index in [1.807, 2.05) is 0 Å². The number of carboxylic acids is 1. The van der Waals surface area contributed by atoms with Gasteiger partial charge in [0.05, 0.1) is 0 Å². The molecule has 0 radical (unpaired) electrons. The number of ether oxygens (including phenoxy) is 1. The highest BCUT2D eigenvalue weighted by atomic mass is 16.5. The lowest BCUT2D eigenvalue weighted by atomic mass is 10.2. The van der Waals surface area contributed by atoms with E-state index >= 15 is 0 Å².